The quantitative estimate of drug-likeness (QED) is 0.848. The molecule has 4 heteroatoms. The molecule has 0 fully saturated rings. The molecule has 1 amide bonds. The van der Waals surface area contributed by atoms with Gasteiger partial charge >= 0.3 is 0 Å². The second kappa shape index (κ2) is 4.90. The van der Waals surface area contributed by atoms with Gasteiger partial charge in [0.15, 0.2) is 0 Å². The molecule has 0 radical (unpaired) electrons. The Labute approximate surface area is 98.5 Å². The first kappa shape index (κ1) is 10.8. The fraction of sp³-hybridized carbons (Fsp3) is 0. The summed E-state index contributed by atoms with van der Waals surface area (Å²) in [5, 5.41) is 11.4. The van der Waals surface area contributed by atoms with Crippen molar-refractivity contribution in [3.63, 3.8) is 0 Å². The highest BCUT2D eigenvalue weighted by Gasteiger charge is 2.06. The molecule has 0 bridgehead atoms. The van der Waals surface area contributed by atoms with Crippen molar-refractivity contribution >= 4 is 11.6 Å². The van der Waals surface area contributed by atoms with Gasteiger partial charge in [-0.3, -0.25) is 9.78 Å². The molecule has 1 aromatic carbocycles. The number of nitrogens with zero attached hydrogens (tertiary/aromatic N) is 2. The topological polar surface area (TPSA) is 65.8 Å². The van der Waals surface area contributed by atoms with Gasteiger partial charge in [-0.2, -0.15) is 5.26 Å². The molecule has 17 heavy (non-hydrogen) atoms. The fourth-order valence-electron chi connectivity index (χ4n) is 1.36. The van der Waals surface area contributed by atoms with Gasteiger partial charge in [-0.05, 0) is 30.3 Å². The van der Waals surface area contributed by atoms with Gasteiger partial charge < -0.3 is 5.32 Å². The molecule has 4 nitrogen and oxygen atoms in total. The lowest BCUT2D eigenvalue weighted by molar-refractivity contribution is 0.102. The molecule has 0 spiro atoms. The van der Waals surface area contributed by atoms with Crippen LogP contribution in [0.2, 0.25) is 0 Å². The largest absolute Gasteiger partial charge is 0.321 e. The first-order chi connectivity index (χ1) is 8.29. The molecular formula is C13H9N3O. The maximum atomic E-state index is 11.8. The molecule has 2 aromatic rings. The minimum atomic E-state index is -0.291. The van der Waals surface area contributed by atoms with Crippen LogP contribution in [0.4, 0.5) is 5.69 Å². The van der Waals surface area contributed by atoms with E-state index in [-0.39, 0.29) is 5.91 Å². The molecule has 0 aliphatic heterocycles. The molecule has 0 aliphatic rings. The van der Waals surface area contributed by atoms with Crippen LogP contribution >= 0.6 is 0 Å². The highest BCUT2D eigenvalue weighted by Crippen LogP contribution is 2.10. The number of anilines is 1. The molecule has 1 heterocycles. The third kappa shape index (κ3) is 2.67. The number of hydrogen-bond acceptors (Lipinski definition) is 3. The summed E-state index contributed by atoms with van der Waals surface area (Å²) in [6, 6.07) is 13.9. The van der Waals surface area contributed by atoms with Crippen molar-refractivity contribution in [2.45, 2.75) is 0 Å². The van der Waals surface area contributed by atoms with Gasteiger partial charge in [0, 0.05) is 11.9 Å². The summed E-state index contributed by atoms with van der Waals surface area (Å²) in [5.41, 5.74) is 1.43. The zero-order valence-corrected chi connectivity index (χ0v) is 8.92. The highest BCUT2D eigenvalue weighted by atomic mass is 16.1. The molecule has 0 unspecified atom stereocenters. The van der Waals surface area contributed by atoms with Crippen LogP contribution in [-0.2, 0) is 0 Å². The Morgan fingerprint density at radius 2 is 2.12 bits per heavy atom. The maximum absolute atomic E-state index is 11.8. The summed E-state index contributed by atoms with van der Waals surface area (Å²) < 4.78 is 0. The minimum Gasteiger partial charge on any atom is -0.321 e. The molecule has 1 aromatic heterocycles. The van der Waals surface area contributed by atoms with E-state index in [1.54, 1.807) is 48.7 Å². The van der Waals surface area contributed by atoms with Crippen LogP contribution in [-0.4, -0.2) is 10.9 Å². The van der Waals surface area contributed by atoms with Crippen LogP contribution in [0.5, 0.6) is 0 Å². The third-order valence-corrected chi connectivity index (χ3v) is 2.15. The van der Waals surface area contributed by atoms with Crippen LogP contribution in [0.1, 0.15) is 16.1 Å². The summed E-state index contributed by atoms with van der Waals surface area (Å²) in [4.78, 5) is 15.7. The zero-order chi connectivity index (χ0) is 12.1. The SMILES string of the molecule is N#Cc1cccc(NC(=O)c2ccccn2)c1. The molecule has 0 saturated heterocycles. The van der Waals surface area contributed by atoms with Gasteiger partial charge in [0.25, 0.3) is 5.91 Å². The summed E-state index contributed by atoms with van der Waals surface area (Å²) in [5.74, 6) is -0.291. The first-order valence-electron chi connectivity index (χ1n) is 5.02. The molecule has 82 valence electrons. The van der Waals surface area contributed by atoms with E-state index < -0.39 is 0 Å². The van der Waals surface area contributed by atoms with Crippen LogP contribution in [0.15, 0.2) is 48.7 Å². The summed E-state index contributed by atoms with van der Waals surface area (Å²) in [6.45, 7) is 0. The fourth-order valence-corrected chi connectivity index (χ4v) is 1.36. The van der Waals surface area contributed by atoms with Gasteiger partial charge in [0.1, 0.15) is 5.69 Å². The summed E-state index contributed by atoms with van der Waals surface area (Å²) in [7, 11) is 0. The van der Waals surface area contributed by atoms with E-state index in [9.17, 15) is 4.79 Å². The van der Waals surface area contributed by atoms with E-state index >= 15 is 0 Å². The Kier molecular flexibility index (Phi) is 3.13. The van der Waals surface area contributed by atoms with Gasteiger partial charge in [-0.25, -0.2) is 0 Å². The van der Waals surface area contributed by atoms with Gasteiger partial charge in [-0.15, -0.1) is 0 Å². The summed E-state index contributed by atoms with van der Waals surface area (Å²) >= 11 is 0. The van der Waals surface area contributed by atoms with Crippen molar-refractivity contribution < 1.29 is 4.79 Å². The van der Waals surface area contributed by atoms with Crippen LogP contribution < -0.4 is 5.32 Å². The number of aromatic nitrogens is 1. The predicted molar refractivity (Wildman–Crippen MR) is 63.3 cm³/mol. The van der Waals surface area contributed by atoms with E-state index in [1.165, 1.54) is 0 Å². The molecule has 0 saturated carbocycles. The standard InChI is InChI=1S/C13H9N3O/c14-9-10-4-3-5-11(8-10)16-13(17)12-6-1-2-7-15-12/h1-8H,(H,16,17). The van der Waals surface area contributed by atoms with E-state index in [4.69, 9.17) is 5.26 Å². The normalized spacial score (nSPS) is 9.35. The lowest BCUT2D eigenvalue weighted by Gasteiger charge is -2.04. The van der Waals surface area contributed by atoms with Gasteiger partial charge in [0.05, 0.1) is 11.6 Å². The van der Waals surface area contributed by atoms with Crippen LogP contribution in [0.25, 0.3) is 0 Å². The maximum Gasteiger partial charge on any atom is 0.274 e. The van der Waals surface area contributed by atoms with Gasteiger partial charge in [-0.1, -0.05) is 12.1 Å². The van der Waals surface area contributed by atoms with Gasteiger partial charge in [0.2, 0.25) is 0 Å². The number of hydrogen-bond donors (Lipinski definition) is 1. The summed E-state index contributed by atoms with van der Waals surface area (Å²) in [6.07, 6.45) is 1.56. The average molecular weight is 223 g/mol. The number of carbonyl (C=O) groups is 1. The lowest BCUT2D eigenvalue weighted by Crippen LogP contribution is -2.13. The molecule has 0 aliphatic carbocycles. The number of nitriles is 1. The van der Waals surface area contributed by atoms with E-state index in [2.05, 4.69) is 10.3 Å². The van der Waals surface area contributed by atoms with E-state index in [0.29, 0.717) is 16.9 Å². The van der Waals surface area contributed by atoms with E-state index in [1.807, 2.05) is 6.07 Å². The second-order valence-electron chi connectivity index (χ2n) is 3.36. The number of carbonyl (C=O) groups excluding carboxylic acids is 1. The molecule has 1 N–H and O–H groups in total. The molecular weight excluding hydrogens is 214 g/mol. The number of rotatable bonds is 2. The van der Waals surface area contributed by atoms with Crippen LogP contribution in [0, 0.1) is 11.3 Å². The Morgan fingerprint density at radius 3 is 2.82 bits per heavy atom. The Balaban J connectivity index is 2.17. The van der Waals surface area contributed by atoms with Crippen molar-refractivity contribution in [2.75, 3.05) is 5.32 Å². The number of pyridine rings is 1. The number of benzene rings is 1. The second-order valence-corrected chi connectivity index (χ2v) is 3.36. The predicted octanol–water partition coefficient (Wildman–Crippen LogP) is 2.21. The monoisotopic (exact) mass is 223 g/mol. The smallest absolute Gasteiger partial charge is 0.274 e. The van der Waals surface area contributed by atoms with E-state index in [0.717, 1.165) is 0 Å². The minimum absolute atomic E-state index is 0.291. The van der Waals surface area contributed by atoms with Crippen molar-refractivity contribution in [3.8, 4) is 6.07 Å². The average Bonchev–Trinajstić information content (AvgIpc) is 2.40. The molecule has 2 rings (SSSR count). The van der Waals surface area contributed by atoms with Crippen molar-refractivity contribution in [1.82, 2.24) is 4.98 Å². The zero-order valence-electron chi connectivity index (χ0n) is 8.92. The van der Waals surface area contributed by atoms with Crippen molar-refractivity contribution in [1.29, 1.82) is 5.26 Å². The van der Waals surface area contributed by atoms with Crippen molar-refractivity contribution in [3.05, 3.63) is 59.9 Å². The third-order valence-electron chi connectivity index (χ3n) is 2.15. The first-order valence-corrected chi connectivity index (χ1v) is 5.02. The highest BCUT2D eigenvalue weighted by molar-refractivity contribution is 6.02. The Bertz CT molecular complexity index is 573. The molecule has 0 atom stereocenters. The number of amides is 1. The van der Waals surface area contributed by atoms with Crippen LogP contribution in [0.3, 0.4) is 0 Å². The number of nitrogens with one attached hydrogen (secondary N) is 1. The Hall–Kier alpha value is -2.67. The lowest BCUT2D eigenvalue weighted by atomic mass is 10.2. The van der Waals surface area contributed by atoms with Crippen molar-refractivity contribution in [2.24, 2.45) is 0 Å². The Morgan fingerprint density at radius 1 is 1.24 bits per heavy atom.